The monoisotopic (exact) mass is 389 g/mol. The highest BCUT2D eigenvalue weighted by Gasteiger charge is 2.10. The zero-order valence-electron chi connectivity index (χ0n) is 16.8. The number of nitrogens with one attached hydrogen (secondary N) is 1. The zero-order chi connectivity index (χ0) is 20.5. The third kappa shape index (κ3) is 5.52. The maximum atomic E-state index is 13.9. The Bertz CT molecular complexity index is 811. The second-order valence-electron chi connectivity index (χ2n) is 6.28. The van der Waals surface area contributed by atoms with E-state index >= 15 is 0 Å². The molecule has 2 aromatic carbocycles. The Morgan fingerprint density at radius 2 is 1.93 bits per heavy atom. The molecule has 7 heteroatoms. The summed E-state index contributed by atoms with van der Waals surface area (Å²) in [5.41, 5.74) is 1.59. The maximum absolute atomic E-state index is 13.9. The molecule has 0 fully saturated rings. The average molecular weight is 389 g/mol. The molecule has 0 atom stereocenters. The smallest absolute Gasteiger partial charge is 0.193 e. The van der Waals surface area contributed by atoms with Crippen molar-refractivity contribution in [3.8, 4) is 17.2 Å². The predicted octanol–water partition coefficient (Wildman–Crippen LogP) is 3.19. The Balaban J connectivity index is 2.05. The molecule has 0 bridgehead atoms. The van der Waals surface area contributed by atoms with Crippen molar-refractivity contribution >= 4 is 5.96 Å². The van der Waals surface area contributed by atoms with E-state index in [1.54, 1.807) is 12.1 Å². The molecule has 0 aliphatic heterocycles. The summed E-state index contributed by atoms with van der Waals surface area (Å²) in [6.45, 7) is 3.69. The summed E-state index contributed by atoms with van der Waals surface area (Å²) in [7, 11) is 4.87. The van der Waals surface area contributed by atoms with E-state index < -0.39 is 0 Å². The van der Waals surface area contributed by atoms with Crippen molar-refractivity contribution in [2.45, 2.75) is 19.9 Å². The maximum Gasteiger partial charge on any atom is 0.193 e. The molecule has 0 amide bonds. The molecule has 2 rings (SSSR count). The summed E-state index contributed by atoms with van der Waals surface area (Å²) in [4.78, 5) is 6.55. The minimum atomic E-state index is -0.385. The third-order valence-corrected chi connectivity index (χ3v) is 4.28. The lowest BCUT2D eigenvalue weighted by Crippen LogP contribution is -2.38. The van der Waals surface area contributed by atoms with Gasteiger partial charge in [-0.1, -0.05) is 18.2 Å². The molecule has 0 unspecified atom stereocenters. The highest BCUT2D eigenvalue weighted by Crippen LogP contribution is 2.29. The predicted molar refractivity (Wildman–Crippen MR) is 109 cm³/mol. The number of benzene rings is 2. The van der Waals surface area contributed by atoms with Crippen LogP contribution in [0.2, 0.25) is 0 Å². The average Bonchev–Trinajstić information content (AvgIpc) is 2.68. The molecular formula is C21H28FN3O3. The lowest BCUT2D eigenvalue weighted by molar-refractivity contribution is 0.370. The van der Waals surface area contributed by atoms with Crippen LogP contribution in [0.3, 0.4) is 0 Å². The van der Waals surface area contributed by atoms with Gasteiger partial charge < -0.3 is 24.8 Å². The van der Waals surface area contributed by atoms with Crippen LogP contribution in [0.5, 0.6) is 17.2 Å². The number of methoxy groups -OCH3 is 2. The van der Waals surface area contributed by atoms with Gasteiger partial charge in [0.25, 0.3) is 0 Å². The second-order valence-corrected chi connectivity index (χ2v) is 6.28. The number of phenols is 1. The van der Waals surface area contributed by atoms with Crippen LogP contribution in [0.1, 0.15) is 18.1 Å². The Morgan fingerprint density at radius 3 is 2.57 bits per heavy atom. The fourth-order valence-corrected chi connectivity index (χ4v) is 2.84. The van der Waals surface area contributed by atoms with Crippen molar-refractivity contribution in [3.05, 3.63) is 53.3 Å². The van der Waals surface area contributed by atoms with Gasteiger partial charge in [-0.3, -0.25) is 4.99 Å². The van der Waals surface area contributed by atoms with Crippen LogP contribution in [0, 0.1) is 5.82 Å². The van der Waals surface area contributed by atoms with E-state index in [9.17, 15) is 9.50 Å². The van der Waals surface area contributed by atoms with Gasteiger partial charge >= 0.3 is 0 Å². The SMILES string of the molecule is CCNC(=NCCc1cccc(OC)c1O)N(C)Cc1ccc(OC)c(F)c1. The first kappa shape index (κ1) is 21.3. The van der Waals surface area contributed by atoms with Crippen molar-refractivity contribution in [3.63, 3.8) is 0 Å². The van der Waals surface area contributed by atoms with Gasteiger partial charge in [0, 0.05) is 26.7 Å². The van der Waals surface area contributed by atoms with Crippen LogP contribution in [-0.2, 0) is 13.0 Å². The summed E-state index contributed by atoms with van der Waals surface area (Å²) < 4.78 is 24.0. The fourth-order valence-electron chi connectivity index (χ4n) is 2.84. The van der Waals surface area contributed by atoms with Crippen molar-refractivity contribution in [2.24, 2.45) is 4.99 Å². The van der Waals surface area contributed by atoms with Crippen LogP contribution < -0.4 is 14.8 Å². The molecule has 0 aliphatic carbocycles. The zero-order valence-corrected chi connectivity index (χ0v) is 16.8. The first-order valence-corrected chi connectivity index (χ1v) is 9.16. The van der Waals surface area contributed by atoms with E-state index in [1.165, 1.54) is 20.3 Å². The molecule has 2 aromatic rings. The summed E-state index contributed by atoms with van der Waals surface area (Å²) in [6, 6.07) is 10.3. The number of hydrogen-bond donors (Lipinski definition) is 2. The van der Waals surface area contributed by atoms with Gasteiger partial charge in [0.05, 0.1) is 14.2 Å². The minimum absolute atomic E-state index is 0.146. The summed E-state index contributed by atoms with van der Waals surface area (Å²) in [5, 5.41) is 13.4. The molecule has 0 aliphatic rings. The standard InChI is InChI=1S/C21H28FN3O3/c1-5-23-21(24-12-11-16-7-6-8-19(28-4)20(16)26)25(2)14-15-9-10-18(27-3)17(22)13-15/h6-10,13,26H,5,11-12,14H2,1-4H3,(H,23,24). The highest BCUT2D eigenvalue weighted by molar-refractivity contribution is 5.79. The number of para-hydroxylation sites is 1. The van der Waals surface area contributed by atoms with Gasteiger partial charge in [-0.05, 0) is 42.7 Å². The molecule has 0 saturated carbocycles. The molecule has 28 heavy (non-hydrogen) atoms. The molecule has 2 N–H and O–H groups in total. The van der Waals surface area contributed by atoms with Crippen LogP contribution >= 0.6 is 0 Å². The third-order valence-electron chi connectivity index (χ3n) is 4.28. The van der Waals surface area contributed by atoms with Crippen molar-refractivity contribution in [1.29, 1.82) is 0 Å². The molecule has 6 nitrogen and oxygen atoms in total. The fraction of sp³-hybridized carbons (Fsp3) is 0.381. The number of aromatic hydroxyl groups is 1. The van der Waals surface area contributed by atoms with E-state index in [-0.39, 0.29) is 17.3 Å². The normalized spacial score (nSPS) is 11.2. The Morgan fingerprint density at radius 1 is 1.18 bits per heavy atom. The first-order chi connectivity index (χ1) is 13.5. The summed E-state index contributed by atoms with van der Waals surface area (Å²) >= 11 is 0. The number of ether oxygens (including phenoxy) is 2. The number of halogens is 1. The topological polar surface area (TPSA) is 66.3 Å². The van der Waals surface area contributed by atoms with Gasteiger partial charge in [0.2, 0.25) is 0 Å². The van der Waals surface area contributed by atoms with E-state index in [4.69, 9.17) is 9.47 Å². The number of phenolic OH excluding ortho intramolecular Hbond substituents is 1. The summed E-state index contributed by atoms with van der Waals surface area (Å²) in [5.74, 6) is 1.15. The van der Waals surface area contributed by atoms with Gasteiger partial charge in [-0.25, -0.2) is 4.39 Å². The molecular weight excluding hydrogens is 361 g/mol. The summed E-state index contributed by atoms with van der Waals surface area (Å²) in [6.07, 6.45) is 0.572. The molecule has 0 spiro atoms. The quantitative estimate of drug-likeness (QED) is 0.536. The molecule has 0 saturated heterocycles. The van der Waals surface area contributed by atoms with Crippen molar-refractivity contribution in [1.82, 2.24) is 10.2 Å². The number of nitrogens with zero attached hydrogens (tertiary/aromatic N) is 2. The number of guanidine groups is 1. The molecule has 0 aromatic heterocycles. The van der Waals surface area contributed by atoms with Gasteiger partial charge in [0.15, 0.2) is 29.0 Å². The lowest BCUT2D eigenvalue weighted by Gasteiger charge is -2.22. The molecule has 0 radical (unpaired) electrons. The van der Waals surface area contributed by atoms with E-state index in [0.29, 0.717) is 37.8 Å². The van der Waals surface area contributed by atoms with Crippen LogP contribution in [0.25, 0.3) is 0 Å². The van der Waals surface area contributed by atoms with Gasteiger partial charge in [-0.2, -0.15) is 0 Å². The lowest BCUT2D eigenvalue weighted by atomic mass is 10.1. The van der Waals surface area contributed by atoms with Crippen molar-refractivity contribution in [2.75, 3.05) is 34.4 Å². The van der Waals surface area contributed by atoms with E-state index in [1.807, 2.05) is 37.1 Å². The Labute approximate surface area is 165 Å². The Kier molecular flexibility index (Phi) is 7.92. The Hall–Kier alpha value is -2.96. The van der Waals surface area contributed by atoms with Gasteiger partial charge in [0.1, 0.15) is 0 Å². The first-order valence-electron chi connectivity index (χ1n) is 9.16. The van der Waals surface area contributed by atoms with Crippen LogP contribution in [-0.4, -0.2) is 50.3 Å². The second kappa shape index (κ2) is 10.4. The van der Waals surface area contributed by atoms with Crippen molar-refractivity contribution < 1.29 is 19.0 Å². The molecule has 0 heterocycles. The van der Waals surface area contributed by atoms with Crippen LogP contribution in [0.4, 0.5) is 4.39 Å². The minimum Gasteiger partial charge on any atom is -0.504 e. The van der Waals surface area contributed by atoms with Crippen LogP contribution in [0.15, 0.2) is 41.4 Å². The molecule has 152 valence electrons. The largest absolute Gasteiger partial charge is 0.504 e. The van der Waals surface area contributed by atoms with E-state index in [2.05, 4.69) is 10.3 Å². The number of aliphatic imine (C=N–C) groups is 1. The van der Waals surface area contributed by atoms with E-state index in [0.717, 1.165) is 11.1 Å². The number of hydrogen-bond acceptors (Lipinski definition) is 4. The van der Waals surface area contributed by atoms with Gasteiger partial charge in [-0.15, -0.1) is 0 Å². The number of rotatable bonds is 8. The highest BCUT2D eigenvalue weighted by atomic mass is 19.1.